The Morgan fingerprint density at radius 2 is 2.00 bits per heavy atom. The van der Waals surface area contributed by atoms with Gasteiger partial charge < -0.3 is 14.6 Å². The van der Waals surface area contributed by atoms with E-state index in [4.69, 9.17) is 4.74 Å². The van der Waals surface area contributed by atoms with E-state index in [9.17, 15) is 18.0 Å². The van der Waals surface area contributed by atoms with E-state index in [0.29, 0.717) is 0 Å². The maximum Gasteiger partial charge on any atom is 0.416 e. The molecule has 0 fully saturated rings. The van der Waals surface area contributed by atoms with Crippen LogP contribution >= 0.6 is 0 Å². The number of alkyl halides is 3. The largest absolute Gasteiger partial charge is 0.497 e. The second kappa shape index (κ2) is 7.53. The van der Waals surface area contributed by atoms with E-state index in [-0.39, 0.29) is 23.9 Å². The molecule has 1 aromatic heterocycles. The lowest BCUT2D eigenvalue weighted by atomic mass is 10.0. The fraction of sp³-hybridized carbons (Fsp3) is 0.300. The molecule has 0 unspecified atom stereocenters. The molecular weight excluding hydrogens is 371 g/mol. The standard InChI is InChI=1S/C20H20F3N3O2/c1-12(2)16-5-4-6-17-19(16)26(11-24-17)10-18(27)25-14-7-13(20(21,22)23)8-15(9-14)28-3/h4-9,11-12H,10H2,1-3H3,(H,25,27). The summed E-state index contributed by atoms with van der Waals surface area (Å²) in [6, 6.07) is 8.84. The van der Waals surface area contributed by atoms with Crippen LogP contribution in [-0.4, -0.2) is 22.6 Å². The summed E-state index contributed by atoms with van der Waals surface area (Å²) >= 11 is 0. The van der Waals surface area contributed by atoms with Crippen molar-refractivity contribution < 1.29 is 22.7 Å². The second-order valence-electron chi connectivity index (χ2n) is 6.74. The third-order valence-electron chi connectivity index (χ3n) is 4.36. The summed E-state index contributed by atoms with van der Waals surface area (Å²) in [6.07, 6.45) is -2.98. The SMILES string of the molecule is COc1cc(NC(=O)Cn2cnc3cccc(C(C)C)c32)cc(C(F)(F)F)c1. The van der Waals surface area contributed by atoms with Crippen molar-refractivity contribution in [2.75, 3.05) is 12.4 Å². The fourth-order valence-corrected chi connectivity index (χ4v) is 3.05. The van der Waals surface area contributed by atoms with E-state index >= 15 is 0 Å². The van der Waals surface area contributed by atoms with Gasteiger partial charge in [-0.15, -0.1) is 0 Å². The summed E-state index contributed by atoms with van der Waals surface area (Å²) < 4.78 is 45.7. The molecule has 0 saturated carbocycles. The van der Waals surface area contributed by atoms with Gasteiger partial charge in [0.2, 0.25) is 5.91 Å². The van der Waals surface area contributed by atoms with Gasteiger partial charge in [0.15, 0.2) is 0 Å². The van der Waals surface area contributed by atoms with Crippen molar-refractivity contribution >= 4 is 22.6 Å². The van der Waals surface area contributed by atoms with E-state index in [1.807, 2.05) is 32.0 Å². The molecule has 0 atom stereocenters. The molecule has 0 spiro atoms. The van der Waals surface area contributed by atoms with Crippen LogP contribution in [0.25, 0.3) is 11.0 Å². The minimum atomic E-state index is -4.54. The first kappa shape index (κ1) is 19.7. The number of amides is 1. The molecule has 28 heavy (non-hydrogen) atoms. The van der Waals surface area contributed by atoms with Crippen molar-refractivity contribution in [1.29, 1.82) is 0 Å². The van der Waals surface area contributed by atoms with E-state index in [0.717, 1.165) is 28.7 Å². The maximum absolute atomic E-state index is 13.0. The number of methoxy groups -OCH3 is 1. The molecule has 0 saturated heterocycles. The van der Waals surface area contributed by atoms with Crippen LogP contribution in [0, 0.1) is 0 Å². The molecule has 8 heteroatoms. The molecule has 148 valence electrons. The molecule has 3 rings (SSSR count). The quantitative estimate of drug-likeness (QED) is 0.678. The number of hydrogen-bond acceptors (Lipinski definition) is 3. The van der Waals surface area contributed by atoms with Crippen molar-refractivity contribution in [1.82, 2.24) is 9.55 Å². The first-order chi connectivity index (χ1) is 13.2. The molecule has 0 aliphatic carbocycles. The summed E-state index contributed by atoms with van der Waals surface area (Å²) in [4.78, 5) is 16.8. The second-order valence-corrected chi connectivity index (χ2v) is 6.74. The maximum atomic E-state index is 13.0. The average Bonchev–Trinajstić information content (AvgIpc) is 3.03. The molecule has 1 heterocycles. The number of aromatic nitrogens is 2. The fourth-order valence-electron chi connectivity index (χ4n) is 3.05. The lowest BCUT2D eigenvalue weighted by Crippen LogP contribution is -2.19. The Labute approximate surface area is 160 Å². The van der Waals surface area contributed by atoms with E-state index in [1.54, 1.807) is 10.9 Å². The van der Waals surface area contributed by atoms with Crippen molar-refractivity contribution in [3.8, 4) is 5.75 Å². The van der Waals surface area contributed by atoms with Crippen molar-refractivity contribution in [2.24, 2.45) is 0 Å². The Morgan fingerprint density at radius 3 is 2.64 bits per heavy atom. The number of hydrogen-bond donors (Lipinski definition) is 1. The van der Waals surface area contributed by atoms with Crippen LogP contribution in [0.3, 0.4) is 0 Å². The lowest BCUT2D eigenvalue weighted by molar-refractivity contribution is -0.137. The monoisotopic (exact) mass is 391 g/mol. The number of anilines is 1. The van der Waals surface area contributed by atoms with Crippen LogP contribution in [0.4, 0.5) is 18.9 Å². The molecule has 2 aromatic carbocycles. The molecule has 0 radical (unpaired) electrons. The highest BCUT2D eigenvalue weighted by Gasteiger charge is 2.31. The van der Waals surface area contributed by atoms with Crippen LogP contribution in [0.5, 0.6) is 5.75 Å². The zero-order valence-electron chi connectivity index (χ0n) is 15.7. The molecule has 0 aliphatic heterocycles. The van der Waals surface area contributed by atoms with E-state index < -0.39 is 17.6 Å². The summed E-state index contributed by atoms with van der Waals surface area (Å²) in [5.41, 5.74) is 1.78. The third-order valence-corrected chi connectivity index (χ3v) is 4.36. The highest BCUT2D eigenvalue weighted by molar-refractivity contribution is 5.92. The van der Waals surface area contributed by atoms with Gasteiger partial charge in [-0.2, -0.15) is 13.2 Å². The Morgan fingerprint density at radius 1 is 1.25 bits per heavy atom. The number of para-hydroxylation sites is 1. The van der Waals surface area contributed by atoms with Gasteiger partial charge in [-0.1, -0.05) is 26.0 Å². The number of nitrogens with one attached hydrogen (secondary N) is 1. The zero-order chi connectivity index (χ0) is 20.5. The minimum absolute atomic E-state index is 0.0142. The smallest absolute Gasteiger partial charge is 0.416 e. The summed E-state index contributed by atoms with van der Waals surface area (Å²) in [5.74, 6) is -0.213. The molecule has 0 bridgehead atoms. The highest BCUT2D eigenvalue weighted by atomic mass is 19.4. The number of imidazole rings is 1. The van der Waals surface area contributed by atoms with Gasteiger partial charge in [0.05, 0.1) is 30.0 Å². The van der Waals surface area contributed by atoms with Gasteiger partial charge in [-0.25, -0.2) is 4.98 Å². The van der Waals surface area contributed by atoms with Crippen LogP contribution < -0.4 is 10.1 Å². The van der Waals surface area contributed by atoms with Gasteiger partial charge in [0.25, 0.3) is 0 Å². The topological polar surface area (TPSA) is 56.1 Å². The number of ether oxygens (including phenoxy) is 1. The number of fused-ring (bicyclic) bond motifs is 1. The molecule has 5 nitrogen and oxygen atoms in total. The number of nitrogens with zero attached hydrogens (tertiary/aromatic N) is 2. The minimum Gasteiger partial charge on any atom is -0.497 e. The molecule has 1 N–H and O–H groups in total. The first-order valence-corrected chi connectivity index (χ1v) is 8.69. The molecular formula is C20H20F3N3O2. The van der Waals surface area contributed by atoms with Crippen molar-refractivity contribution in [3.63, 3.8) is 0 Å². The van der Waals surface area contributed by atoms with Crippen molar-refractivity contribution in [3.05, 3.63) is 53.9 Å². The highest BCUT2D eigenvalue weighted by Crippen LogP contribution is 2.34. The Balaban J connectivity index is 1.87. The Kier molecular flexibility index (Phi) is 5.31. The number of carbonyl (C=O) groups excluding carboxylic acids is 1. The predicted octanol–water partition coefficient (Wildman–Crippen LogP) is 4.83. The summed E-state index contributed by atoms with van der Waals surface area (Å²) in [6.45, 7) is 4.01. The number of carbonyl (C=O) groups is 1. The predicted molar refractivity (Wildman–Crippen MR) is 100 cm³/mol. The van der Waals surface area contributed by atoms with Gasteiger partial charge in [0.1, 0.15) is 12.3 Å². The molecule has 3 aromatic rings. The molecule has 1 amide bonds. The first-order valence-electron chi connectivity index (χ1n) is 8.69. The van der Waals surface area contributed by atoms with Crippen LogP contribution in [0.2, 0.25) is 0 Å². The number of benzene rings is 2. The van der Waals surface area contributed by atoms with Crippen molar-refractivity contribution in [2.45, 2.75) is 32.5 Å². The van der Waals surface area contributed by atoms with E-state index in [2.05, 4.69) is 10.3 Å². The third kappa shape index (κ3) is 4.11. The lowest BCUT2D eigenvalue weighted by Gasteiger charge is -2.14. The number of rotatable bonds is 5. The average molecular weight is 391 g/mol. The van der Waals surface area contributed by atoms with Gasteiger partial charge in [0, 0.05) is 11.8 Å². The van der Waals surface area contributed by atoms with Crippen LogP contribution in [0.1, 0.15) is 30.9 Å². The number of halogens is 3. The summed E-state index contributed by atoms with van der Waals surface area (Å²) in [7, 11) is 1.27. The van der Waals surface area contributed by atoms with Gasteiger partial charge in [-0.05, 0) is 29.7 Å². The Bertz CT molecular complexity index is 1010. The van der Waals surface area contributed by atoms with Gasteiger partial charge in [-0.3, -0.25) is 4.79 Å². The zero-order valence-corrected chi connectivity index (χ0v) is 15.7. The van der Waals surface area contributed by atoms with Gasteiger partial charge >= 0.3 is 6.18 Å². The normalized spacial score (nSPS) is 11.8. The summed E-state index contributed by atoms with van der Waals surface area (Å²) in [5, 5.41) is 2.51. The molecule has 0 aliphatic rings. The van der Waals surface area contributed by atoms with Crippen LogP contribution in [0.15, 0.2) is 42.7 Å². The Hall–Kier alpha value is -3.03. The van der Waals surface area contributed by atoms with Crippen LogP contribution in [-0.2, 0) is 17.5 Å². The van der Waals surface area contributed by atoms with E-state index in [1.165, 1.54) is 13.2 Å².